The monoisotopic (exact) mass is 229 g/mol. The molecule has 0 atom stereocenters. The maximum atomic E-state index is 5.97. The van der Waals surface area contributed by atoms with E-state index in [1.807, 2.05) is 23.8 Å². The average Bonchev–Trinajstić information content (AvgIpc) is 2.47. The van der Waals surface area contributed by atoms with Crippen LogP contribution >= 0.6 is 34.7 Å². The third-order valence-corrected chi connectivity index (χ3v) is 4.01. The minimum atomic E-state index is 0.752. The zero-order valence-corrected chi connectivity index (χ0v) is 9.39. The van der Waals surface area contributed by atoms with Crippen molar-refractivity contribution in [3.8, 4) is 0 Å². The molecule has 0 spiro atoms. The highest BCUT2D eigenvalue weighted by atomic mass is 35.5. The molecular weight excluding hydrogens is 222 g/mol. The highest BCUT2D eigenvalue weighted by Crippen LogP contribution is 2.37. The summed E-state index contributed by atoms with van der Waals surface area (Å²) in [5, 5.41) is 3.78. The lowest BCUT2D eigenvalue weighted by molar-refractivity contribution is 1.59. The van der Waals surface area contributed by atoms with Crippen molar-refractivity contribution in [2.45, 2.75) is 4.90 Å². The normalized spacial score (nSPS) is 10.9. The molecule has 0 bridgehead atoms. The first kappa shape index (κ1) is 9.19. The topological polar surface area (TPSA) is 26.0 Å². The van der Waals surface area contributed by atoms with Crippen LogP contribution in [0.2, 0.25) is 5.02 Å². The largest absolute Gasteiger partial charge is 0.398 e. The molecule has 4 heteroatoms. The van der Waals surface area contributed by atoms with Gasteiger partial charge in [0.1, 0.15) is 0 Å². The second-order valence-corrected chi connectivity index (χ2v) is 4.84. The Morgan fingerprint density at radius 2 is 2.23 bits per heavy atom. The van der Waals surface area contributed by atoms with Gasteiger partial charge in [-0.3, -0.25) is 0 Å². The van der Waals surface area contributed by atoms with Crippen LogP contribution in [0.5, 0.6) is 0 Å². The lowest BCUT2D eigenvalue weighted by Crippen LogP contribution is -1.80. The summed E-state index contributed by atoms with van der Waals surface area (Å²) >= 11 is 9.33. The number of halogens is 1. The number of hydrogen-bond acceptors (Lipinski definition) is 3. The molecule has 0 aliphatic heterocycles. The molecule has 0 saturated heterocycles. The minimum Gasteiger partial charge on any atom is -0.398 e. The van der Waals surface area contributed by atoms with Crippen LogP contribution in [0.1, 0.15) is 0 Å². The summed E-state index contributed by atoms with van der Waals surface area (Å²) in [6.07, 6.45) is 2.04. The maximum absolute atomic E-state index is 5.97. The highest BCUT2D eigenvalue weighted by molar-refractivity contribution is 7.99. The Balaban J connectivity index is 2.84. The number of thioether (sulfide) groups is 1. The second kappa shape index (κ2) is 3.40. The summed E-state index contributed by atoms with van der Waals surface area (Å²) in [7, 11) is 0. The Hall–Kier alpha value is -0.380. The van der Waals surface area contributed by atoms with Gasteiger partial charge >= 0.3 is 0 Å². The highest BCUT2D eigenvalue weighted by Gasteiger charge is 2.06. The van der Waals surface area contributed by atoms with E-state index in [1.165, 1.54) is 9.60 Å². The molecular formula is C9H8ClNS2. The van der Waals surface area contributed by atoms with Crippen molar-refractivity contribution in [3.05, 3.63) is 22.5 Å². The predicted molar refractivity (Wildman–Crippen MR) is 63.0 cm³/mol. The summed E-state index contributed by atoms with van der Waals surface area (Å²) in [5.74, 6) is 0. The van der Waals surface area contributed by atoms with E-state index in [0.717, 1.165) is 16.1 Å². The summed E-state index contributed by atoms with van der Waals surface area (Å²) in [4.78, 5) is 1.20. The third kappa shape index (κ3) is 1.52. The van der Waals surface area contributed by atoms with Crippen molar-refractivity contribution in [2.24, 2.45) is 0 Å². The van der Waals surface area contributed by atoms with E-state index in [-0.39, 0.29) is 0 Å². The van der Waals surface area contributed by atoms with Gasteiger partial charge in [-0.15, -0.1) is 23.1 Å². The van der Waals surface area contributed by atoms with Crippen LogP contribution in [0.15, 0.2) is 22.4 Å². The van der Waals surface area contributed by atoms with Gasteiger partial charge in [-0.2, -0.15) is 0 Å². The fraction of sp³-hybridized carbons (Fsp3) is 0.111. The molecule has 0 aliphatic rings. The van der Waals surface area contributed by atoms with E-state index >= 15 is 0 Å². The van der Waals surface area contributed by atoms with E-state index in [9.17, 15) is 0 Å². The van der Waals surface area contributed by atoms with Gasteiger partial charge < -0.3 is 5.73 Å². The van der Waals surface area contributed by atoms with Crippen molar-refractivity contribution >= 4 is 50.5 Å². The number of thiophene rings is 1. The van der Waals surface area contributed by atoms with E-state index in [4.69, 9.17) is 17.3 Å². The second-order valence-electron chi connectivity index (χ2n) is 2.68. The molecule has 13 heavy (non-hydrogen) atoms. The molecule has 0 unspecified atom stereocenters. The van der Waals surface area contributed by atoms with E-state index < -0.39 is 0 Å². The van der Waals surface area contributed by atoms with Gasteiger partial charge in [0.2, 0.25) is 0 Å². The molecule has 1 heterocycles. The molecule has 1 aromatic heterocycles. The molecule has 0 amide bonds. The molecule has 0 fully saturated rings. The summed E-state index contributed by atoms with van der Waals surface area (Å²) in [5.41, 5.74) is 6.63. The molecule has 0 aliphatic carbocycles. The smallest absolute Gasteiger partial charge is 0.0503 e. The number of anilines is 1. The summed E-state index contributed by atoms with van der Waals surface area (Å²) in [6.45, 7) is 0. The maximum Gasteiger partial charge on any atom is 0.0503 e. The molecule has 1 aromatic carbocycles. The molecule has 0 saturated carbocycles. The van der Waals surface area contributed by atoms with E-state index in [1.54, 1.807) is 23.1 Å². The van der Waals surface area contributed by atoms with Gasteiger partial charge in [0.15, 0.2) is 0 Å². The van der Waals surface area contributed by atoms with Crippen LogP contribution in [-0.2, 0) is 0 Å². The number of hydrogen-bond donors (Lipinski definition) is 1. The van der Waals surface area contributed by atoms with Crippen LogP contribution in [0, 0.1) is 0 Å². The van der Waals surface area contributed by atoms with Gasteiger partial charge in [-0.25, -0.2) is 0 Å². The Bertz CT molecular complexity index is 450. The van der Waals surface area contributed by atoms with E-state index in [2.05, 4.69) is 0 Å². The molecule has 2 rings (SSSR count). The van der Waals surface area contributed by atoms with Crippen LogP contribution in [-0.4, -0.2) is 6.26 Å². The SMILES string of the molecule is CSc1cc(Cl)cc2c(N)csc12. The Morgan fingerprint density at radius 1 is 1.46 bits per heavy atom. The van der Waals surface area contributed by atoms with Crippen molar-refractivity contribution in [1.29, 1.82) is 0 Å². The van der Waals surface area contributed by atoms with Crippen molar-refractivity contribution in [2.75, 3.05) is 12.0 Å². The standard InChI is InChI=1S/C9H8ClNS2/c1-12-8-3-5(10)2-6-7(11)4-13-9(6)8/h2-4H,11H2,1H3. The zero-order chi connectivity index (χ0) is 9.42. The number of fused-ring (bicyclic) bond motifs is 1. The Labute approximate surface area is 89.9 Å². The van der Waals surface area contributed by atoms with Crippen LogP contribution in [0.3, 0.4) is 0 Å². The van der Waals surface area contributed by atoms with Gasteiger partial charge in [0.25, 0.3) is 0 Å². The minimum absolute atomic E-state index is 0.752. The third-order valence-electron chi connectivity index (χ3n) is 1.85. The first-order chi connectivity index (χ1) is 6.22. The first-order valence-electron chi connectivity index (χ1n) is 3.72. The van der Waals surface area contributed by atoms with Gasteiger partial charge in [-0.05, 0) is 18.4 Å². The molecule has 2 N–H and O–H groups in total. The van der Waals surface area contributed by atoms with Gasteiger partial charge in [-0.1, -0.05) is 11.6 Å². The van der Waals surface area contributed by atoms with Crippen LogP contribution < -0.4 is 5.73 Å². The number of nitrogens with two attached hydrogens (primary N) is 1. The predicted octanol–water partition coefficient (Wildman–Crippen LogP) is 3.86. The molecule has 68 valence electrons. The van der Waals surface area contributed by atoms with Crippen molar-refractivity contribution in [1.82, 2.24) is 0 Å². The number of rotatable bonds is 1. The number of nitrogen functional groups attached to an aromatic ring is 1. The number of benzene rings is 1. The lowest BCUT2D eigenvalue weighted by Gasteiger charge is -2.00. The Morgan fingerprint density at radius 3 is 2.92 bits per heavy atom. The first-order valence-corrected chi connectivity index (χ1v) is 6.21. The van der Waals surface area contributed by atoms with Crippen molar-refractivity contribution in [3.63, 3.8) is 0 Å². The van der Waals surface area contributed by atoms with Crippen molar-refractivity contribution < 1.29 is 0 Å². The van der Waals surface area contributed by atoms with Gasteiger partial charge in [0, 0.05) is 20.7 Å². The van der Waals surface area contributed by atoms with Crippen LogP contribution in [0.4, 0.5) is 5.69 Å². The molecule has 1 nitrogen and oxygen atoms in total. The van der Waals surface area contributed by atoms with E-state index in [0.29, 0.717) is 0 Å². The van der Waals surface area contributed by atoms with Gasteiger partial charge in [0.05, 0.1) is 10.4 Å². The average molecular weight is 230 g/mol. The van der Waals surface area contributed by atoms with Crippen LogP contribution in [0.25, 0.3) is 10.1 Å². The summed E-state index contributed by atoms with van der Waals surface area (Å²) < 4.78 is 1.23. The molecule has 0 radical (unpaired) electrons. The summed E-state index contributed by atoms with van der Waals surface area (Å²) in [6, 6.07) is 3.90. The fourth-order valence-electron chi connectivity index (χ4n) is 1.24. The zero-order valence-electron chi connectivity index (χ0n) is 7.00. The molecule has 2 aromatic rings. The quantitative estimate of drug-likeness (QED) is 0.752. The fourth-order valence-corrected chi connectivity index (χ4v) is 3.31. The lowest BCUT2D eigenvalue weighted by atomic mass is 10.2. The Kier molecular flexibility index (Phi) is 2.41.